The summed E-state index contributed by atoms with van der Waals surface area (Å²) in [4.78, 5) is 38.0. The summed E-state index contributed by atoms with van der Waals surface area (Å²) in [5.74, 6) is -0.223. The Balaban J connectivity index is 2.18. The number of nitrogens with zero attached hydrogens (tertiary/aromatic N) is 1. The largest absolute Gasteiger partial charge is 0.489 e. The molecule has 6 nitrogen and oxygen atoms in total. The molecule has 0 saturated heterocycles. The number of allylic oxidation sites excluding steroid dienone is 1. The third kappa shape index (κ3) is 6.61. The van der Waals surface area contributed by atoms with E-state index in [4.69, 9.17) is 21.1 Å². The van der Waals surface area contributed by atoms with Crippen LogP contribution in [0.2, 0.25) is 5.02 Å². The monoisotopic (exact) mass is 505 g/mol. The molecule has 3 rings (SSSR count). The number of hydrogen-bond donors (Lipinski definition) is 0. The molecule has 0 saturated carbocycles. The summed E-state index contributed by atoms with van der Waals surface area (Å²) in [7, 11) is 1.63. The van der Waals surface area contributed by atoms with E-state index in [1.165, 1.54) is 22.8 Å². The van der Waals surface area contributed by atoms with Crippen LogP contribution in [-0.4, -0.2) is 29.5 Å². The Morgan fingerprint density at radius 2 is 1.78 bits per heavy atom. The van der Waals surface area contributed by atoms with Crippen molar-refractivity contribution in [2.45, 2.75) is 20.8 Å². The molecule has 36 heavy (non-hydrogen) atoms. The standard InChI is InChI=1S/C29H28ClNO5/c1-5-19(3)18-36-23-12-13-24(25(16-23)29(34)20-7-10-22(30)11-8-20)26-17-31(4)27(32)15-21(26)9-14-28(33)35-6-2/h5,7-17H,6,18H2,1-4H3/b14-9+,19-5+. The van der Waals surface area contributed by atoms with Gasteiger partial charge in [-0.2, -0.15) is 0 Å². The van der Waals surface area contributed by atoms with E-state index in [-0.39, 0.29) is 17.9 Å². The lowest BCUT2D eigenvalue weighted by molar-refractivity contribution is -0.137. The molecule has 0 aliphatic rings. The number of carbonyl (C=O) groups is 2. The van der Waals surface area contributed by atoms with E-state index < -0.39 is 5.97 Å². The number of esters is 1. The third-order valence-corrected chi connectivity index (χ3v) is 5.79. The minimum atomic E-state index is -0.523. The van der Waals surface area contributed by atoms with Gasteiger partial charge < -0.3 is 14.0 Å². The Bertz CT molecular complexity index is 1380. The van der Waals surface area contributed by atoms with E-state index in [0.717, 1.165) is 5.57 Å². The summed E-state index contributed by atoms with van der Waals surface area (Å²) in [5.41, 5.74) is 3.31. The van der Waals surface area contributed by atoms with Crippen molar-refractivity contribution < 1.29 is 19.1 Å². The first-order valence-corrected chi connectivity index (χ1v) is 11.9. The minimum Gasteiger partial charge on any atom is -0.489 e. The van der Waals surface area contributed by atoms with Crippen LogP contribution in [0.4, 0.5) is 0 Å². The number of benzene rings is 2. The van der Waals surface area contributed by atoms with Gasteiger partial charge in [-0.15, -0.1) is 0 Å². The van der Waals surface area contributed by atoms with E-state index in [2.05, 4.69) is 0 Å². The maximum absolute atomic E-state index is 13.6. The molecule has 0 aliphatic heterocycles. The second kappa shape index (κ2) is 12.2. The average molecular weight is 506 g/mol. The maximum Gasteiger partial charge on any atom is 0.330 e. The van der Waals surface area contributed by atoms with Crippen molar-refractivity contribution >= 4 is 29.4 Å². The van der Waals surface area contributed by atoms with Crippen molar-refractivity contribution in [2.75, 3.05) is 13.2 Å². The van der Waals surface area contributed by atoms with Crippen molar-refractivity contribution in [3.63, 3.8) is 0 Å². The topological polar surface area (TPSA) is 74.6 Å². The van der Waals surface area contributed by atoms with Gasteiger partial charge in [0.25, 0.3) is 5.56 Å². The van der Waals surface area contributed by atoms with Crippen LogP contribution in [0, 0.1) is 0 Å². The second-order valence-corrected chi connectivity index (χ2v) is 8.58. The summed E-state index contributed by atoms with van der Waals surface area (Å²) < 4.78 is 12.3. The minimum absolute atomic E-state index is 0.232. The van der Waals surface area contributed by atoms with E-state index in [0.29, 0.717) is 45.2 Å². The number of ether oxygens (including phenoxy) is 2. The van der Waals surface area contributed by atoms with E-state index in [1.807, 2.05) is 19.9 Å². The number of rotatable bonds is 9. The van der Waals surface area contributed by atoms with E-state index in [1.54, 1.807) is 62.6 Å². The van der Waals surface area contributed by atoms with Crippen LogP contribution in [0.3, 0.4) is 0 Å². The number of hydrogen-bond acceptors (Lipinski definition) is 5. The molecular weight excluding hydrogens is 478 g/mol. The number of ketones is 1. The van der Waals surface area contributed by atoms with Crippen LogP contribution >= 0.6 is 11.6 Å². The average Bonchev–Trinajstić information content (AvgIpc) is 2.87. The first-order valence-electron chi connectivity index (χ1n) is 11.5. The van der Waals surface area contributed by atoms with E-state index >= 15 is 0 Å². The molecule has 7 heteroatoms. The molecular formula is C29H28ClNO5. The highest BCUT2D eigenvalue weighted by molar-refractivity contribution is 6.30. The number of aromatic nitrogens is 1. The van der Waals surface area contributed by atoms with Crippen LogP contribution < -0.4 is 10.3 Å². The van der Waals surface area contributed by atoms with Crippen molar-refractivity contribution in [1.29, 1.82) is 0 Å². The van der Waals surface area contributed by atoms with Crippen LogP contribution in [-0.2, 0) is 16.6 Å². The molecule has 1 aromatic heterocycles. The molecule has 1 heterocycles. The number of carbonyl (C=O) groups excluding carboxylic acids is 2. The van der Waals surface area contributed by atoms with Crippen LogP contribution in [0.15, 0.2) is 77.2 Å². The van der Waals surface area contributed by atoms with Gasteiger partial charge in [0.2, 0.25) is 0 Å². The smallest absolute Gasteiger partial charge is 0.330 e. The second-order valence-electron chi connectivity index (χ2n) is 8.14. The lowest BCUT2D eigenvalue weighted by Crippen LogP contribution is -2.16. The SMILES string of the molecule is C/C=C(\C)COc1ccc(-c2cn(C)c(=O)cc2/C=C/C(=O)OCC)c(C(=O)c2ccc(Cl)cc2)c1. The van der Waals surface area contributed by atoms with Crippen LogP contribution in [0.5, 0.6) is 5.75 Å². The summed E-state index contributed by atoms with van der Waals surface area (Å²) in [6.07, 6.45) is 6.39. The van der Waals surface area contributed by atoms with Gasteiger partial charge in [-0.3, -0.25) is 9.59 Å². The molecule has 0 spiro atoms. The van der Waals surface area contributed by atoms with Crippen molar-refractivity contribution in [3.05, 3.63) is 105 Å². The van der Waals surface area contributed by atoms with Gasteiger partial charge in [0, 0.05) is 47.1 Å². The first-order chi connectivity index (χ1) is 17.2. The fourth-order valence-electron chi connectivity index (χ4n) is 3.43. The predicted octanol–water partition coefficient (Wildman–Crippen LogP) is 5.86. The van der Waals surface area contributed by atoms with Crippen molar-refractivity contribution in [1.82, 2.24) is 4.57 Å². The molecule has 0 radical (unpaired) electrons. The van der Waals surface area contributed by atoms with Crippen molar-refractivity contribution in [3.8, 4) is 16.9 Å². The summed E-state index contributed by atoms with van der Waals surface area (Å²) in [6, 6.07) is 13.3. The Kier molecular flexibility index (Phi) is 9.03. The first kappa shape index (κ1) is 26.7. The Labute approximate surface area is 215 Å². The maximum atomic E-state index is 13.6. The zero-order valence-corrected chi connectivity index (χ0v) is 21.5. The molecule has 2 aromatic carbocycles. The molecule has 0 bridgehead atoms. The highest BCUT2D eigenvalue weighted by Gasteiger charge is 2.19. The van der Waals surface area contributed by atoms with Crippen LogP contribution in [0.25, 0.3) is 17.2 Å². The zero-order chi connectivity index (χ0) is 26.2. The molecule has 0 aliphatic carbocycles. The molecule has 186 valence electrons. The van der Waals surface area contributed by atoms with Gasteiger partial charge >= 0.3 is 5.97 Å². The van der Waals surface area contributed by atoms with Gasteiger partial charge in [-0.05, 0) is 86.0 Å². The highest BCUT2D eigenvalue weighted by Crippen LogP contribution is 2.32. The van der Waals surface area contributed by atoms with Gasteiger partial charge in [0.15, 0.2) is 5.78 Å². The Morgan fingerprint density at radius 1 is 1.06 bits per heavy atom. The molecule has 0 unspecified atom stereocenters. The van der Waals surface area contributed by atoms with Crippen molar-refractivity contribution in [2.24, 2.45) is 7.05 Å². The predicted molar refractivity (Wildman–Crippen MR) is 143 cm³/mol. The number of pyridine rings is 1. The molecule has 0 amide bonds. The highest BCUT2D eigenvalue weighted by atomic mass is 35.5. The molecule has 0 N–H and O–H groups in total. The molecule has 3 aromatic rings. The van der Waals surface area contributed by atoms with E-state index in [9.17, 15) is 14.4 Å². The van der Waals surface area contributed by atoms with Crippen LogP contribution in [0.1, 0.15) is 42.3 Å². The quantitative estimate of drug-likeness (QED) is 0.158. The lowest BCUT2D eigenvalue weighted by atomic mass is 9.92. The third-order valence-electron chi connectivity index (χ3n) is 5.54. The Morgan fingerprint density at radius 3 is 2.44 bits per heavy atom. The molecule has 0 fully saturated rings. The van der Waals surface area contributed by atoms with Gasteiger partial charge in [0.1, 0.15) is 12.4 Å². The normalized spacial score (nSPS) is 11.5. The van der Waals surface area contributed by atoms with Gasteiger partial charge in [-0.1, -0.05) is 17.7 Å². The fourth-order valence-corrected chi connectivity index (χ4v) is 3.55. The summed E-state index contributed by atoms with van der Waals surface area (Å²) >= 11 is 6.02. The van der Waals surface area contributed by atoms with Gasteiger partial charge in [0.05, 0.1) is 6.61 Å². The van der Waals surface area contributed by atoms with Gasteiger partial charge in [-0.25, -0.2) is 4.79 Å². The lowest BCUT2D eigenvalue weighted by Gasteiger charge is -2.15. The summed E-state index contributed by atoms with van der Waals surface area (Å²) in [6.45, 7) is 6.23. The number of halogens is 1. The molecule has 0 atom stereocenters. The zero-order valence-electron chi connectivity index (χ0n) is 20.7. The fraction of sp³-hybridized carbons (Fsp3) is 0.207. The Hall–Kier alpha value is -3.90. The summed E-state index contributed by atoms with van der Waals surface area (Å²) in [5, 5.41) is 0.523. The number of aryl methyl sites for hydroxylation is 1.